The molecule has 1 aromatic rings. The Morgan fingerprint density at radius 3 is 2.75 bits per heavy atom. The van der Waals surface area contributed by atoms with Crippen molar-refractivity contribution in [3.05, 3.63) is 34.9 Å². The van der Waals surface area contributed by atoms with E-state index in [1.165, 1.54) is 0 Å². The molecule has 0 aromatic heterocycles. The fraction of sp³-hybridized carbons (Fsp3) is 0.529. The summed E-state index contributed by atoms with van der Waals surface area (Å²) < 4.78 is 0. The van der Waals surface area contributed by atoms with Gasteiger partial charge in [0.2, 0.25) is 0 Å². The van der Waals surface area contributed by atoms with Crippen molar-refractivity contribution < 1.29 is 4.79 Å². The molecule has 0 saturated heterocycles. The van der Waals surface area contributed by atoms with Crippen LogP contribution in [0.5, 0.6) is 0 Å². The Bertz CT molecular complexity index is 540. The maximum Gasteiger partial charge on any atom is 0.179 e. The van der Waals surface area contributed by atoms with Gasteiger partial charge < -0.3 is 0 Å². The molecule has 2 rings (SSSR count). The number of benzene rings is 1. The van der Waals surface area contributed by atoms with E-state index in [2.05, 4.69) is 11.0 Å². The standard InChI is InChI=1S/C17H22N2O/c1-12-5-6-13(2)16(11-12)17(20)14(3)19(10-4-9-18)15-7-8-15/h5-6,11,14-15H,4,7-8,10H2,1-3H3. The van der Waals surface area contributed by atoms with Gasteiger partial charge in [0.25, 0.3) is 0 Å². The zero-order chi connectivity index (χ0) is 14.7. The third-order valence-electron chi connectivity index (χ3n) is 4.03. The number of rotatable bonds is 6. The first-order valence-electron chi connectivity index (χ1n) is 7.28. The minimum absolute atomic E-state index is 0.142. The van der Waals surface area contributed by atoms with Crippen LogP contribution in [0.1, 0.15) is 47.7 Å². The van der Waals surface area contributed by atoms with Crippen molar-refractivity contribution in [2.75, 3.05) is 6.54 Å². The predicted octanol–water partition coefficient (Wildman–Crippen LogP) is 3.25. The van der Waals surface area contributed by atoms with Gasteiger partial charge >= 0.3 is 0 Å². The number of Topliss-reactive ketones (excluding diaryl/α,β-unsaturated/α-hetero) is 1. The molecule has 1 aromatic carbocycles. The van der Waals surface area contributed by atoms with Crippen LogP contribution in [0.3, 0.4) is 0 Å². The van der Waals surface area contributed by atoms with Crippen LogP contribution in [-0.2, 0) is 0 Å². The molecule has 0 radical (unpaired) electrons. The highest BCUT2D eigenvalue weighted by Crippen LogP contribution is 2.30. The largest absolute Gasteiger partial charge is 0.292 e. The van der Waals surface area contributed by atoms with Gasteiger partial charge in [-0.2, -0.15) is 5.26 Å². The molecule has 1 aliphatic rings. The van der Waals surface area contributed by atoms with E-state index in [-0.39, 0.29) is 11.8 Å². The lowest BCUT2D eigenvalue weighted by Crippen LogP contribution is -2.41. The van der Waals surface area contributed by atoms with E-state index in [0.717, 1.165) is 29.5 Å². The molecule has 1 aliphatic carbocycles. The Balaban J connectivity index is 2.17. The van der Waals surface area contributed by atoms with Crippen molar-refractivity contribution in [2.24, 2.45) is 0 Å². The summed E-state index contributed by atoms with van der Waals surface area (Å²) in [6.45, 7) is 6.66. The van der Waals surface area contributed by atoms with Crippen molar-refractivity contribution in [1.82, 2.24) is 4.90 Å². The second kappa shape index (κ2) is 6.19. The molecular formula is C17H22N2O. The molecule has 1 saturated carbocycles. The zero-order valence-electron chi connectivity index (χ0n) is 12.5. The van der Waals surface area contributed by atoms with E-state index >= 15 is 0 Å². The van der Waals surface area contributed by atoms with E-state index in [4.69, 9.17) is 5.26 Å². The second-order valence-corrected chi connectivity index (χ2v) is 5.74. The summed E-state index contributed by atoms with van der Waals surface area (Å²) in [5.41, 5.74) is 2.96. The second-order valence-electron chi connectivity index (χ2n) is 5.74. The van der Waals surface area contributed by atoms with Crippen LogP contribution in [0.25, 0.3) is 0 Å². The first-order chi connectivity index (χ1) is 9.54. The highest BCUT2D eigenvalue weighted by molar-refractivity contribution is 6.01. The fourth-order valence-electron chi connectivity index (χ4n) is 2.65. The molecule has 106 valence electrons. The van der Waals surface area contributed by atoms with Gasteiger partial charge in [0.05, 0.1) is 12.1 Å². The summed E-state index contributed by atoms with van der Waals surface area (Å²) >= 11 is 0. The monoisotopic (exact) mass is 270 g/mol. The van der Waals surface area contributed by atoms with E-state index in [1.807, 2.05) is 39.0 Å². The SMILES string of the molecule is Cc1ccc(C)c(C(=O)C(C)N(CCC#N)C2CC2)c1. The lowest BCUT2D eigenvalue weighted by atomic mass is 9.97. The van der Waals surface area contributed by atoms with E-state index in [1.54, 1.807) is 0 Å². The number of carbonyl (C=O) groups excluding carboxylic acids is 1. The maximum absolute atomic E-state index is 12.7. The van der Waals surface area contributed by atoms with Gasteiger partial charge in [0, 0.05) is 24.6 Å². The van der Waals surface area contributed by atoms with Crippen molar-refractivity contribution in [3.63, 3.8) is 0 Å². The smallest absolute Gasteiger partial charge is 0.179 e. The van der Waals surface area contributed by atoms with Crippen LogP contribution >= 0.6 is 0 Å². The average molecular weight is 270 g/mol. The first kappa shape index (κ1) is 14.7. The zero-order valence-corrected chi connectivity index (χ0v) is 12.5. The highest BCUT2D eigenvalue weighted by Gasteiger charge is 2.35. The van der Waals surface area contributed by atoms with Crippen LogP contribution in [0.15, 0.2) is 18.2 Å². The molecule has 3 heteroatoms. The molecule has 1 atom stereocenters. The van der Waals surface area contributed by atoms with Gasteiger partial charge in [-0.1, -0.05) is 17.7 Å². The number of ketones is 1. The third-order valence-corrected chi connectivity index (χ3v) is 4.03. The van der Waals surface area contributed by atoms with Crippen LogP contribution in [0, 0.1) is 25.2 Å². The Kier molecular flexibility index (Phi) is 4.57. The summed E-state index contributed by atoms with van der Waals surface area (Å²) in [6, 6.07) is 8.55. The van der Waals surface area contributed by atoms with Gasteiger partial charge in [-0.05, 0) is 45.2 Å². The summed E-state index contributed by atoms with van der Waals surface area (Å²) in [4.78, 5) is 14.9. The Labute approximate surface area is 121 Å². The topological polar surface area (TPSA) is 44.1 Å². The van der Waals surface area contributed by atoms with Crippen LogP contribution in [-0.4, -0.2) is 29.3 Å². The molecule has 0 aliphatic heterocycles. The van der Waals surface area contributed by atoms with Gasteiger partial charge in [0.15, 0.2) is 5.78 Å². The van der Waals surface area contributed by atoms with Gasteiger partial charge in [-0.25, -0.2) is 0 Å². The quantitative estimate of drug-likeness (QED) is 0.745. The number of nitrogens with zero attached hydrogens (tertiary/aromatic N) is 2. The fourth-order valence-corrected chi connectivity index (χ4v) is 2.65. The van der Waals surface area contributed by atoms with E-state index < -0.39 is 0 Å². The molecule has 0 amide bonds. The summed E-state index contributed by atoms with van der Waals surface area (Å²) in [6.07, 6.45) is 2.78. The van der Waals surface area contributed by atoms with Gasteiger partial charge in [-0.3, -0.25) is 9.69 Å². The Hall–Kier alpha value is -1.66. The molecule has 20 heavy (non-hydrogen) atoms. The number of nitriles is 1. The molecule has 0 heterocycles. The van der Waals surface area contributed by atoms with Gasteiger partial charge in [-0.15, -0.1) is 0 Å². The van der Waals surface area contributed by atoms with Crippen LogP contribution in [0.2, 0.25) is 0 Å². The normalized spacial score (nSPS) is 15.9. The number of hydrogen-bond donors (Lipinski definition) is 0. The van der Waals surface area contributed by atoms with E-state index in [0.29, 0.717) is 19.0 Å². The molecular weight excluding hydrogens is 248 g/mol. The maximum atomic E-state index is 12.7. The first-order valence-corrected chi connectivity index (χ1v) is 7.28. The molecule has 0 spiro atoms. The van der Waals surface area contributed by atoms with E-state index in [9.17, 15) is 4.79 Å². The Morgan fingerprint density at radius 2 is 2.15 bits per heavy atom. The Morgan fingerprint density at radius 1 is 1.45 bits per heavy atom. The van der Waals surface area contributed by atoms with Crippen LogP contribution in [0.4, 0.5) is 0 Å². The molecule has 1 unspecified atom stereocenters. The number of aryl methyl sites for hydroxylation is 2. The molecule has 1 fully saturated rings. The van der Waals surface area contributed by atoms with Gasteiger partial charge in [0.1, 0.15) is 0 Å². The highest BCUT2D eigenvalue weighted by atomic mass is 16.1. The number of hydrogen-bond acceptors (Lipinski definition) is 3. The lowest BCUT2D eigenvalue weighted by Gasteiger charge is -2.27. The van der Waals surface area contributed by atoms with Crippen molar-refractivity contribution in [1.29, 1.82) is 5.26 Å². The lowest BCUT2D eigenvalue weighted by molar-refractivity contribution is 0.0828. The number of carbonyl (C=O) groups is 1. The van der Waals surface area contributed by atoms with Crippen molar-refractivity contribution >= 4 is 5.78 Å². The third kappa shape index (κ3) is 3.26. The minimum Gasteiger partial charge on any atom is -0.292 e. The minimum atomic E-state index is -0.142. The average Bonchev–Trinajstić information content (AvgIpc) is 3.25. The summed E-state index contributed by atoms with van der Waals surface area (Å²) in [5.74, 6) is 0.177. The van der Waals surface area contributed by atoms with Crippen LogP contribution < -0.4 is 0 Å². The molecule has 0 N–H and O–H groups in total. The summed E-state index contributed by atoms with van der Waals surface area (Å²) in [7, 11) is 0. The molecule has 0 bridgehead atoms. The predicted molar refractivity (Wildman–Crippen MR) is 79.7 cm³/mol. The molecule has 3 nitrogen and oxygen atoms in total. The van der Waals surface area contributed by atoms with Crippen molar-refractivity contribution in [3.8, 4) is 6.07 Å². The summed E-state index contributed by atoms with van der Waals surface area (Å²) in [5, 5.41) is 8.77. The van der Waals surface area contributed by atoms with Crippen molar-refractivity contribution in [2.45, 2.75) is 52.1 Å².